The van der Waals surface area contributed by atoms with Crippen molar-refractivity contribution in [2.45, 2.75) is 45.6 Å². The number of aliphatic imine (C=N–C) groups is 1. The second-order valence-electron chi connectivity index (χ2n) is 11.0. The summed E-state index contributed by atoms with van der Waals surface area (Å²) in [6.45, 7) is 4.24. The lowest BCUT2D eigenvalue weighted by Gasteiger charge is -2.16. The molecular weight excluding hydrogens is 570 g/mol. The fourth-order valence-electron chi connectivity index (χ4n) is 5.28. The van der Waals surface area contributed by atoms with Gasteiger partial charge in [-0.2, -0.15) is 0 Å². The topological polar surface area (TPSA) is 154 Å². The Morgan fingerprint density at radius 3 is 2.29 bits per heavy atom. The number of unbranched alkanes of at least 4 members (excludes halogenated alkanes) is 1. The van der Waals surface area contributed by atoms with Gasteiger partial charge in [-0.1, -0.05) is 36.4 Å². The van der Waals surface area contributed by atoms with E-state index in [1.54, 1.807) is 24.4 Å². The fraction of sp³-hybridized carbons (Fsp3) is 0.257. The van der Waals surface area contributed by atoms with E-state index in [0.717, 1.165) is 52.6 Å². The molecule has 0 radical (unpaired) electrons. The minimum atomic E-state index is -0.970. The van der Waals surface area contributed by atoms with Crippen LogP contribution in [0, 0.1) is 13.8 Å². The number of hydrogen-bond donors (Lipinski definition) is 4. The molecule has 4 N–H and O–H groups in total. The van der Waals surface area contributed by atoms with Gasteiger partial charge in [-0.15, -0.1) is 0 Å². The second-order valence-corrected chi connectivity index (χ2v) is 11.0. The number of ketones is 1. The van der Waals surface area contributed by atoms with Gasteiger partial charge in [0.25, 0.3) is 5.91 Å². The molecule has 230 valence electrons. The first-order valence-electron chi connectivity index (χ1n) is 14.8. The van der Waals surface area contributed by atoms with Crippen LogP contribution in [0.15, 0.2) is 78.0 Å². The molecule has 10 heteroatoms. The van der Waals surface area contributed by atoms with Crippen molar-refractivity contribution in [3.05, 3.63) is 112 Å². The number of carbonyl (C=O) groups excluding carboxylic acids is 2. The van der Waals surface area contributed by atoms with Gasteiger partial charge < -0.3 is 20.8 Å². The molecule has 2 aromatic carbocycles. The van der Waals surface area contributed by atoms with Gasteiger partial charge in [0.15, 0.2) is 5.78 Å². The summed E-state index contributed by atoms with van der Waals surface area (Å²) in [5, 5.41) is 24.0. The molecule has 0 saturated heterocycles. The maximum Gasteiger partial charge on any atom is 0.328 e. The molecular formula is C35H35N5O5. The molecule has 0 bridgehead atoms. The van der Waals surface area contributed by atoms with Crippen LogP contribution in [-0.4, -0.2) is 62.9 Å². The molecule has 0 fully saturated rings. The Bertz CT molecular complexity index is 1750. The van der Waals surface area contributed by atoms with E-state index in [-0.39, 0.29) is 31.3 Å². The Labute approximate surface area is 261 Å². The van der Waals surface area contributed by atoms with Crippen molar-refractivity contribution in [2.24, 2.45) is 4.99 Å². The molecule has 5 rings (SSSR count). The number of carboxylic acid groups (broad SMARTS) is 1. The number of amidine groups is 1. The van der Waals surface area contributed by atoms with Crippen LogP contribution in [-0.2, 0) is 17.6 Å². The molecule has 0 saturated carbocycles. The predicted octanol–water partition coefficient (Wildman–Crippen LogP) is 4.56. The van der Waals surface area contributed by atoms with Crippen molar-refractivity contribution in [3.8, 4) is 11.1 Å². The number of nitrogens with zero attached hydrogens (tertiary/aromatic N) is 3. The summed E-state index contributed by atoms with van der Waals surface area (Å²) < 4.78 is 0. The Hall–Kier alpha value is -5.22. The molecule has 1 atom stereocenters. The van der Waals surface area contributed by atoms with E-state index in [1.807, 2.05) is 56.3 Å². The van der Waals surface area contributed by atoms with Gasteiger partial charge >= 0.3 is 5.97 Å². The molecule has 1 aliphatic heterocycles. The van der Waals surface area contributed by atoms with Gasteiger partial charge in [0.05, 0.1) is 6.54 Å². The zero-order chi connectivity index (χ0) is 31.9. The minimum Gasteiger partial charge on any atom is -0.480 e. The molecule has 1 amide bonds. The van der Waals surface area contributed by atoms with Crippen LogP contribution >= 0.6 is 0 Å². The summed E-state index contributed by atoms with van der Waals surface area (Å²) in [5.41, 5.74) is 7.56. The summed E-state index contributed by atoms with van der Waals surface area (Å²) in [7, 11) is 0. The van der Waals surface area contributed by atoms with Gasteiger partial charge in [-0.25, -0.2) is 4.79 Å². The summed E-state index contributed by atoms with van der Waals surface area (Å²) in [4.78, 5) is 50.3. The Balaban J connectivity index is 1.28. The summed E-state index contributed by atoms with van der Waals surface area (Å²) in [6, 6.07) is 17.8. The first kappa shape index (κ1) is 31.2. The van der Waals surface area contributed by atoms with Crippen molar-refractivity contribution in [3.63, 3.8) is 0 Å². The number of benzene rings is 2. The molecule has 3 heterocycles. The highest BCUT2D eigenvalue weighted by Crippen LogP contribution is 2.32. The summed E-state index contributed by atoms with van der Waals surface area (Å²) in [6.07, 6.45) is 5.78. The van der Waals surface area contributed by atoms with Crippen LogP contribution in [0.4, 0.5) is 5.69 Å². The van der Waals surface area contributed by atoms with Gasteiger partial charge in [0.1, 0.15) is 23.3 Å². The SMILES string of the molecule is Cc1c(CC(=O)c2ccc(C3=NCC(C(=O)O)N3)cn2)cccc1-c1cccc(NC(=O)c2ccc(CCCCO)cn2)c1C. The largest absolute Gasteiger partial charge is 0.480 e. The molecule has 1 unspecified atom stereocenters. The number of aliphatic hydroxyl groups is 1. The highest BCUT2D eigenvalue weighted by atomic mass is 16.4. The zero-order valence-corrected chi connectivity index (χ0v) is 25.2. The molecule has 45 heavy (non-hydrogen) atoms. The van der Waals surface area contributed by atoms with Crippen molar-refractivity contribution in [1.29, 1.82) is 0 Å². The number of hydrogen-bond acceptors (Lipinski definition) is 8. The number of aromatic nitrogens is 2. The quantitative estimate of drug-likeness (QED) is 0.135. The van der Waals surface area contributed by atoms with E-state index >= 15 is 0 Å². The lowest BCUT2D eigenvalue weighted by molar-refractivity contribution is -0.138. The molecule has 4 aromatic rings. The van der Waals surface area contributed by atoms with Gasteiger partial charge in [-0.3, -0.25) is 24.5 Å². The third-order valence-electron chi connectivity index (χ3n) is 7.96. The average Bonchev–Trinajstić information content (AvgIpc) is 3.55. The second kappa shape index (κ2) is 14.0. The maximum absolute atomic E-state index is 13.2. The first-order valence-corrected chi connectivity index (χ1v) is 14.8. The minimum absolute atomic E-state index is 0.142. The van der Waals surface area contributed by atoms with Crippen molar-refractivity contribution in [1.82, 2.24) is 15.3 Å². The van der Waals surface area contributed by atoms with Crippen LogP contribution < -0.4 is 10.6 Å². The third kappa shape index (κ3) is 7.30. The highest BCUT2D eigenvalue weighted by Gasteiger charge is 2.25. The van der Waals surface area contributed by atoms with Crippen LogP contribution in [0.25, 0.3) is 11.1 Å². The Morgan fingerprint density at radius 1 is 0.889 bits per heavy atom. The number of amides is 1. The van der Waals surface area contributed by atoms with Crippen LogP contribution in [0.2, 0.25) is 0 Å². The maximum atomic E-state index is 13.2. The van der Waals surface area contributed by atoms with E-state index in [0.29, 0.717) is 28.5 Å². The van der Waals surface area contributed by atoms with E-state index in [4.69, 9.17) is 10.2 Å². The van der Waals surface area contributed by atoms with E-state index in [1.165, 1.54) is 6.20 Å². The number of Topliss-reactive ketones (excluding diaryl/α,β-unsaturated/α-hetero) is 1. The predicted molar refractivity (Wildman–Crippen MR) is 172 cm³/mol. The Morgan fingerprint density at radius 2 is 1.62 bits per heavy atom. The zero-order valence-electron chi connectivity index (χ0n) is 25.2. The normalized spacial score (nSPS) is 14.0. The van der Waals surface area contributed by atoms with E-state index < -0.39 is 12.0 Å². The third-order valence-corrected chi connectivity index (χ3v) is 7.96. The average molecular weight is 606 g/mol. The summed E-state index contributed by atoms with van der Waals surface area (Å²) >= 11 is 0. The number of anilines is 1. The molecule has 0 aliphatic carbocycles. The van der Waals surface area contributed by atoms with Crippen molar-refractivity contribution >= 4 is 29.2 Å². The monoisotopic (exact) mass is 605 g/mol. The van der Waals surface area contributed by atoms with Gasteiger partial charge in [0, 0.05) is 36.7 Å². The molecule has 2 aromatic heterocycles. The molecule has 1 aliphatic rings. The summed E-state index contributed by atoms with van der Waals surface area (Å²) in [5.74, 6) is -0.964. The number of pyridine rings is 2. The van der Waals surface area contributed by atoms with E-state index in [2.05, 4.69) is 25.6 Å². The first-order chi connectivity index (χ1) is 21.7. The molecule has 0 spiro atoms. The number of carbonyl (C=O) groups is 3. The highest BCUT2D eigenvalue weighted by molar-refractivity contribution is 6.04. The number of aliphatic hydroxyl groups excluding tert-OH is 1. The van der Waals surface area contributed by atoms with Crippen molar-refractivity contribution in [2.75, 3.05) is 18.5 Å². The smallest absolute Gasteiger partial charge is 0.328 e. The number of aliphatic carboxylic acids is 1. The number of carboxylic acids is 1. The van der Waals surface area contributed by atoms with Gasteiger partial charge in [-0.05, 0) is 90.8 Å². The van der Waals surface area contributed by atoms with Crippen molar-refractivity contribution < 1.29 is 24.6 Å². The molecule has 10 nitrogen and oxygen atoms in total. The lowest BCUT2D eigenvalue weighted by atomic mass is 9.91. The van der Waals surface area contributed by atoms with Crippen LogP contribution in [0.1, 0.15) is 61.6 Å². The number of aryl methyl sites for hydroxylation is 1. The number of nitrogens with one attached hydrogen (secondary N) is 2. The van der Waals surface area contributed by atoms with Crippen LogP contribution in [0.5, 0.6) is 0 Å². The van der Waals surface area contributed by atoms with Gasteiger partial charge in [0.2, 0.25) is 0 Å². The number of rotatable bonds is 12. The Kier molecular flexibility index (Phi) is 9.74. The van der Waals surface area contributed by atoms with Crippen LogP contribution in [0.3, 0.4) is 0 Å². The lowest BCUT2D eigenvalue weighted by Crippen LogP contribution is -2.37. The van der Waals surface area contributed by atoms with E-state index in [9.17, 15) is 14.4 Å². The standard InChI is InChI=1S/C35H35N5O5/c1-21-24(17-32(42)29-15-13-25(19-37-29)33-38-20-31(39-33)35(44)45)8-5-9-26(21)27-10-6-11-28(22(27)2)40-34(43)30-14-12-23(18-36-30)7-3-4-16-41/h5-6,8-15,18-19,31,41H,3-4,7,16-17,20H2,1-2H3,(H,38,39)(H,40,43)(H,44,45). The fourth-order valence-corrected chi connectivity index (χ4v) is 5.28.